The zero-order valence-corrected chi connectivity index (χ0v) is 10.7. The van der Waals surface area contributed by atoms with E-state index in [2.05, 4.69) is 10.6 Å². The molecule has 0 unspecified atom stereocenters. The van der Waals surface area contributed by atoms with E-state index in [0.717, 1.165) is 32.1 Å². The van der Waals surface area contributed by atoms with Gasteiger partial charge in [-0.2, -0.15) is 0 Å². The van der Waals surface area contributed by atoms with Gasteiger partial charge < -0.3 is 21.5 Å². The summed E-state index contributed by atoms with van der Waals surface area (Å²) < 4.78 is 0. The average molecular weight is 257 g/mol. The molecule has 0 saturated heterocycles. The smallest absolute Gasteiger partial charge is 0.314 e. The number of carboxylic acid groups (broad SMARTS) is 1. The number of carbonyl (C=O) groups excluding carboxylic acids is 1. The van der Waals surface area contributed by atoms with Gasteiger partial charge >= 0.3 is 12.0 Å². The van der Waals surface area contributed by atoms with Crippen LogP contribution >= 0.6 is 0 Å². The lowest BCUT2D eigenvalue weighted by molar-refractivity contribution is -0.140. The van der Waals surface area contributed by atoms with Gasteiger partial charge in [0.15, 0.2) is 0 Å². The SMILES string of the molecule is NCCNC(=O)NCC1(CC(=O)O)CCCCC1. The number of carbonyl (C=O) groups is 2. The Labute approximate surface area is 107 Å². The molecule has 0 spiro atoms. The number of carboxylic acids is 1. The van der Waals surface area contributed by atoms with Crippen molar-refractivity contribution in [1.82, 2.24) is 10.6 Å². The lowest BCUT2D eigenvalue weighted by Gasteiger charge is -2.36. The number of hydrogen-bond acceptors (Lipinski definition) is 3. The highest BCUT2D eigenvalue weighted by atomic mass is 16.4. The van der Waals surface area contributed by atoms with Gasteiger partial charge in [0, 0.05) is 19.6 Å². The fourth-order valence-electron chi connectivity index (χ4n) is 2.55. The van der Waals surface area contributed by atoms with Crippen molar-refractivity contribution in [2.75, 3.05) is 19.6 Å². The molecule has 1 aliphatic rings. The van der Waals surface area contributed by atoms with Crippen molar-refractivity contribution < 1.29 is 14.7 Å². The van der Waals surface area contributed by atoms with E-state index in [1.54, 1.807) is 0 Å². The number of hydrogen-bond donors (Lipinski definition) is 4. The zero-order chi connectivity index (χ0) is 13.4. The summed E-state index contributed by atoms with van der Waals surface area (Å²) in [6, 6.07) is -0.268. The van der Waals surface area contributed by atoms with E-state index >= 15 is 0 Å². The summed E-state index contributed by atoms with van der Waals surface area (Å²) in [5.41, 5.74) is 5.01. The first-order valence-corrected chi connectivity index (χ1v) is 6.51. The molecule has 18 heavy (non-hydrogen) atoms. The van der Waals surface area contributed by atoms with E-state index in [9.17, 15) is 9.59 Å². The summed E-state index contributed by atoms with van der Waals surface area (Å²) in [7, 11) is 0. The molecule has 2 amide bonds. The molecule has 1 rings (SSSR count). The van der Waals surface area contributed by atoms with Crippen LogP contribution in [0.25, 0.3) is 0 Å². The number of nitrogens with two attached hydrogens (primary N) is 1. The van der Waals surface area contributed by atoms with Crippen LogP contribution in [0.15, 0.2) is 0 Å². The molecule has 0 atom stereocenters. The van der Waals surface area contributed by atoms with E-state index in [-0.39, 0.29) is 17.9 Å². The number of nitrogens with one attached hydrogen (secondary N) is 2. The number of urea groups is 1. The Morgan fingerprint density at radius 3 is 2.39 bits per heavy atom. The number of amides is 2. The second-order valence-electron chi connectivity index (χ2n) is 5.03. The van der Waals surface area contributed by atoms with Crippen molar-refractivity contribution in [3.8, 4) is 0 Å². The Bertz CT molecular complexity index is 288. The molecule has 1 aliphatic carbocycles. The first-order chi connectivity index (χ1) is 8.58. The van der Waals surface area contributed by atoms with Crippen molar-refractivity contribution in [3.63, 3.8) is 0 Å². The van der Waals surface area contributed by atoms with Crippen molar-refractivity contribution >= 4 is 12.0 Å². The van der Waals surface area contributed by atoms with Gasteiger partial charge in [0.25, 0.3) is 0 Å². The summed E-state index contributed by atoms with van der Waals surface area (Å²) in [5.74, 6) is -0.791. The van der Waals surface area contributed by atoms with Gasteiger partial charge in [0.1, 0.15) is 0 Å². The molecular formula is C12H23N3O3. The Morgan fingerprint density at radius 2 is 1.83 bits per heavy atom. The molecule has 1 saturated carbocycles. The quantitative estimate of drug-likeness (QED) is 0.561. The summed E-state index contributed by atoms with van der Waals surface area (Å²) >= 11 is 0. The molecule has 0 aromatic carbocycles. The van der Waals surface area contributed by atoms with Gasteiger partial charge in [-0.3, -0.25) is 4.79 Å². The van der Waals surface area contributed by atoms with Crippen LogP contribution in [0, 0.1) is 5.41 Å². The van der Waals surface area contributed by atoms with Crippen LogP contribution in [0.2, 0.25) is 0 Å². The monoisotopic (exact) mass is 257 g/mol. The van der Waals surface area contributed by atoms with Crippen LogP contribution in [0.1, 0.15) is 38.5 Å². The molecule has 0 aromatic rings. The van der Waals surface area contributed by atoms with E-state index in [1.165, 1.54) is 0 Å². The lowest BCUT2D eigenvalue weighted by Crippen LogP contribution is -2.45. The first-order valence-electron chi connectivity index (χ1n) is 6.51. The predicted octanol–water partition coefficient (Wildman–Crippen LogP) is 0.669. The standard InChI is InChI=1S/C12H23N3O3/c13-6-7-14-11(18)15-9-12(8-10(16)17)4-2-1-3-5-12/h1-9,13H2,(H,16,17)(H2,14,15,18). The number of aliphatic carboxylic acids is 1. The van der Waals surface area contributed by atoms with E-state index in [4.69, 9.17) is 10.8 Å². The molecule has 6 nitrogen and oxygen atoms in total. The highest BCUT2D eigenvalue weighted by Gasteiger charge is 2.34. The van der Waals surface area contributed by atoms with Gasteiger partial charge in [-0.25, -0.2) is 4.79 Å². The van der Waals surface area contributed by atoms with Gasteiger partial charge in [-0.15, -0.1) is 0 Å². The van der Waals surface area contributed by atoms with E-state index < -0.39 is 5.97 Å². The van der Waals surface area contributed by atoms with Gasteiger partial charge in [0.2, 0.25) is 0 Å². The van der Waals surface area contributed by atoms with Crippen LogP contribution in [0.3, 0.4) is 0 Å². The first kappa shape index (κ1) is 14.8. The predicted molar refractivity (Wildman–Crippen MR) is 68.2 cm³/mol. The van der Waals surface area contributed by atoms with E-state index in [0.29, 0.717) is 19.6 Å². The van der Waals surface area contributed by atoms with Crippen LogP contribution in [0.4, 0.5) is 4.79 Å². The molecule has 6 heteroatoms. The van der Waals surface area contributed by atoms with Crippen molar-refractivity contribution in [1.29, 1.82) is 0 Å². The summed E-state index contributed by atoms with van der Waals surface area (Å²) in [5, 5.41) is 14.4. The molecule has 5 N–H and O–H groups in total. The normalized spacial score (nSPS) is 18.1. The summed E-state index contributed by atoms with van der Waals surface area (Å²) in [4.78, 5) is 22.4. The topological polar surface area (TPSA) is 104 Å². The molecular weight excluding hydrogens is 234 g/mol. The van der Waals surface area contributed by atoms with Crippen LogP contribution < -0.4 is 16.4 Å². The lowest BCUT2D eigenvalue weighted by atomic mass is 9.72. The highest BCUT2D eigenvalue weighted by molar-refractivity contribution is 5.74. The molecule has 104 valence electrons. The Kier molecular flexibility index (Phi) is 5.91. The third kappa shape index (κ3) is 4.91. The molecule has 0 bridgehead atoms. The Morgan fingerprint density at radius 1 is 1.17 bits per heavy atom. The van der Waals surface area contributed by atoms with Crippen LogP contribution in [-0.2, 0) is 4.79 Å². The third-order valence-electron chi connectivity index (χ3n) is 3.49. The third-order valence-corrected chi connectivity index (χ3v) is 3.49. The maximum Gasteiger partial charge on any atom is 0.314 e. The second-order valence-corrected chi connectivity index (χ2v) is 5.03. The van der Waals surface area contributed by atoms with Crippen LogP contribution in [-0.4, -0.2) is 36.7 Å². The van der Waals surface area contributed by atoms with Crippen molar-refractivity contribution in [2.24, 2.45) is 11.1 Å². The maximum atomic E-state index is 11.4. The zero-order valence-electron chi connectivity index (χ0n) is 10.7. The Balaban J connectivity index is 2.45. The molecule has 0 heterocycles. The molecule has 0 aliphatic heterocycles. The minimum Gasteiger partial charge on any atom is -0.481 e. The summed E-state index contributed by atoms with van der Waals surface area (Å²) in [6.45, 7) is 1.25. The molecule has 0 radical (unpaired) electrons. The fourth-order valence-corrected chi connectivity index (χ4v) is 2.55. The molecule has 1 fully saturated rings. The van der Waals surface area contributed by atoms with Gasteiger partial charge in [-0.05, 0) is 18.3 Å². The minimum atomic E-state index is -0.791. The minimum absolute atomic E-state index is 0.129. The highest BCUT2D eigenvalue weighted by Crippen LogP contribution is 2.38. The molecule has 0 aromatic heterocycles. The van der Waals surface area contributed by atoms with E-state index in [1.807, 2.05) is 0 Å². The van der Waals surface area contributed by atoms with Crippen molar-refractivity contribution in [3.05, 3.63) is 0 Å². The summed E-state index contributed by atoms with van der Waals surface area (Å²) in [6.07, 6.45) is 5.11. The second kappa shape index (κ2) is 7.20. The van der Waals surface area contributed by atoms with Gasteiger partial charge in [-0.1, -0.05) is 19.3 Å². The average Bonchev–Trinajstić information content (AvgIpc) is 2.34. The maximum absolute atomic E-state index is 11.4. The fraction of sp³-hybridized carbons (Fsp3) is 0.833. The Hall–Kier alpha value is -1.30. The largest absolute Gasteiger partial charge is 0.481 e. The van der Waals surface area contributed by atoms with Gasteiger partial charge in [0.05, 0.1) is 6.42 Å². The van der Waals surface area contributed by atoms with Crippen LogP contribution in [0.5, 0.6) is 0 Å². The number of rotatable bonds is 6. The van der Waals surface area contributed by atoms with Crippen molar-refractivity contribution in [2.45, 2.75) is 38.5 Å².